The predicted octanol–water partition coefficient (Wildman–Crippen LogP) is 4.64. The Balaban J connectivity index is 1.59. The zero-order valence-corrected chi connectivity index (χ0v) is 16.5. The van der Waals surface area contributed by atoms with Crippen LogP contribution in [0.2, 0.25) is 0 Å². The number of H-pyrrole nitrogens is 1. The van der Waals surface area contributed by atoms with Gasteiger partial charge in [0.2, 0.25) is 0 Å². The minimum absolute atomic E-state index is 0.192. The number of carbonyl (C=O) groups excluding carboxylic acids is 1. The molecule has 0 aliphatic carbocycles. The smallest absolute Gasteiger partial charge is 0.383 e. The van der Waals surface area contributed by atoms with Gasteiger partial charge in [0, 0.05) is 23.5 Å². The van der Waals surface area contributed by atoms with Crippen LogP contribution in [0.25, 0.3) is 22.2 Å². The SMILES string of the molecule is Nc1ncc(Br)c2n[nH]c(-c3ccc(C(=O)Nc4cc(C(F)(F)F)ccn4)cc3)c12. The number of aromatic nitrogens is 4. The van der Waals surface area contributed by atoms with Gasteiger partial charge in [-0.3, -0.25) is 9.89 Å². The Morgan fingerprint density at radius 3 is 2.57 bits per heavy atom. The van der Waals surface area contributed by atoms with E-state index in [9.17, 15) is 18.0 Å². The normalized spacial score (nSPS) is 11.6. The van der Waals surface area contributed by atoms with E-state index in [2.05, 4.69) is 41.4 Å². The van der Waals surface area contributed by atoms with Gasteiger partial charge in [-0.1, -0.05) is 12.1 Å². The number of fused-ring (bicyclic) bond motifs is 1. The molecule has 0 saturated carbocycles. The number of hydrogen-bond acceptors (Lipinski definition) is 5. The van der Waals surface area contributed by atoms with E-state index in [0.717, 1.165) is 18.3 Å². The predicted molar refractivity (Wildman–Crippen MR) is 109 cm³/mol. The highest BCUT2D eigenvalue weighted by atomic mass is 79.9. The Bertz CT molecular complexity index is 1250. The van der Waals surface area contributed by atoms with Gasteiger partial charge in [-0.05, 0) is 40.2 Å². The van der Waals surface area contributed by atoms with Crippen molar-refractivity contribution in [2.24, 2.45) is 0 Å². The molecule has 4 N–H and O–H groups in total. The number of halogens is 4. The molecule has 3 aromatic heterocycles. The number of carbonyl (C=O) groups is 1. The van der Waals surface area contributed by atoms with Crippen LogP contribution in [0.4, 0.5) is 24.8 Å². The first-order chi connectivity index (χ1) is 14.2. The highest BCUT2D eigenvalue weighted by Crippen LogP contribution is 2.33. The van der Waals surface area contributed by atoms with Gasteiger partial charge in [-0.2, -0.15) is 18.3 Å². The third kappa shape index (κ3) is 3.71. The lowest BCUT2D eigenvalue weighted by Gasteiger charge is -2.09. The number of hydrogen-bond donors (Lipinski definition) is 3. The molecule has 30 heavy (non-hydrogen) atoms. The van der Waals surface area contributed by atoms with Crippen molar-refractivity contribution >= 4 is 44.4 Å². The summed E-state index contributed by atoms with van der Waals surface area (Å²) in [6.07, 6.45) is -1.98. The van der Waals surface area contributed by atoms with Crippen molar-refractivity contribution in [2.45, 2.75) is 6.18 Å². The molecule has 0 radical (unpaired) electrons. The van der Waals surface area contributed by atoms with Crippen molar-refractivity contribution in [3.8, 4) is 11.3 Å². The molecule has 4 rings (SSSR count). The van der Waals surface area contributed by atoms with E-state index >= 15 is 0 Å². The first-order valence-electron chi connectivity index (χ1n) is 8.47. The monoisotopic (exact) mass is 476 g/mol. The Labute approximate surface area is 175 Å². The molecule has 152 valence electrons. The highest BCUT2D eigenvalue weighted by Gasteiger charge is 2.30. The van der Waals surface area contributed by atoms with Crippen molar-refractivity contribution in [1.29, 1.82) is 0 Å². The molecular weight excluding hydrogens is 465 g/mol. The van der Waals surface area contributed by atoms with E-state index < -0.39 is 17.6 Å². The molecule has 0 unspecified atom stereocenters. The van der Waals surface area contributed by atoms with Crippen molar-refractivity contribution < 1.29 is 18.0 Å². The molecular formula is C19H12BrF3N6O. The standard InChI is InChI=1S/C19H12BrF3N6O/c20-12-8-26-17(24)14-15(28-29-16(12)14)9-1-3-10(4-2-9)18(30)27-13-7-11(5-6-25-13)19(21,22)23/h1-8H,(H2,24,26)(H,28,29)(H,25,27,30). The topological polar surface area (TPSA) is 110 Å². The third-order valence-electron chi connectivity index (χ3n) is 4.33. The molecule has 11 heteroatoms. The summed E-state index contributed by atoms with van der Waals surface area (Å²) in [5.74, 6) is -0.483. The summed E-state index contributed by atoms with van der Waals surface area (Å²) >= 11 is 3.37. The Kier molecular flexibility index (Phi) is 4.90. The second-order valence-electron chi connectivity index (χ2n) is 6.27. The first kappa shape index (κ1) is 19.8. The number of anilines is 2. The molecule has 0 aliphatic heterocycles. The number of rotatable bonds is 3. The maximum Gasteiger partial charge on any atom is 0.416 e. The maximum absolute atomic E-state index is 12.8. The van der Waals surface area contributed by atoms with Crippen LogP contribution >= 0.6 is 15.9 Å². The van der Waals surface area contributed by atoms with Crippen molar-refractivity contribution in [3.05, 3.63) is 64.4 Å². The fourth-order valence-corrected chi connectivity index (χ4v) is 3.27. The van der Waals surface area contributed by atoms with Gasteiger partial charge in [0.05, 0.1) is 21.1 Å². The highest BCUT2D eigenvalue weighted by molar-refractivity contribution is 9.10. The Morgan fingerprint density at radius 2 is 1.87 bits per heavy atom. The molecule has 3 heterocycles. The van der Waals surface area contributed by atoms with Gasteiger partial charge in [0.25, 0.3) is 5.91 Å². The average molecular weight is 477 g/mol. The number of nitrogens with zero attached hydrogens (tertiary/aromatic N) is 3. The minimum Gasteiger partial charge on any atom is -0.383 e. The van der Waals surface area contributed by atoms with Gasteiger partial charge >= 0.3 is 6.18 Å². The van der Waals surface area contributed by atoms with E-state index in [1.165, 1.54) is 12.1 Å². The zero-order chi connectivity index (χ0) is 21.5. The molecule has 0 saturated heterocycles. The fraction of sp³-hybridized carbons (Fsp3) is 0.0526. The van der Waals surface area contributed by atoms with Crippen molar-refractivity contribution in [1.82, 2.24) is 20.2 Å². The Morgan fingerprint density at radius 1 is 1.13 bits per heavy atom. The summed E-state index contributed by atoms with van der Waals surface area (Å²) in [5, 5.41) is 10.1. The summed E-state index contributed by atoms with van der Waals surface area (Å²) < 4.78 is 39.1. The van der Waals surface area contributed by atoms with Crippen LogP contribution in [0.1, 0.15) is 15.9 Å². The van der Waals surface area contributed by atoms with Gasteiger partial charge in [-0.15, -0.1) is 0 Å². The number of nitrogen functional groups attached to an aromatic ring is 1. The number of nitrogens with two attached hydrogens (primary N) is 1. The Hall–Kier alpha value is -3.47. The molecule has 4 aromatic rings. The van der Waals surface area contributed by atoms with Gasteiger partial charge in [-0.25, -0.2) is 9.97 Å². The zero-order valence-electron chi connectivity index (χ0n) is 15.0. The second kappa shape index (κ2) is 7.41. The number of aromatic amines is 1. The molecule has 0 aliphatic rings. The maximum atomic E-state index is 12.8. The summed E-state index contributed by atoms with van der Waals surface area (Å²) in [5.41, 5.74) is 7.27. The fourth-order valence-electron chi connectivity index (χ4n) is 2.88. The number of pyridine rings is 2. The van der Waals surface area contributed by atoms with Crippen LogP contribution in [0.5, 0.6) is 0 Å². The van der Waals surface area contributed by atoms with Crippen LogP contribution in [-0.2, 0) is 6.18 Å². The van der Waals surface area contributed by atoms with E-state index in [1.54, 1.807) is 18.3 Å². The van der Waals surface area contributed by atoms with E-state index in [0.29, 0.717) is 32.5 Å². The number of benzene rings is 1. The van der Waals surface area contributed by atoms with Gasteiger partial charge < -0.3 is 11.1 Å². The molecule has 1 aromatic carbocycles. The summed E-state index contributed by atoms with van der Waals surface area (Å²) in [7, 11) is 0. The molecule has 0 spiro atoms. The largest absolute Gasteiger partial charge is 0.416 e. The van der Waals surface area contributed by atoms with Crippen LogP contribution in [0, 0.1) is 0 Å². The van der Waals surface area contributed by atoms with Crippen molar-refractivity contribution in [3.63, 3.8) is 0 Å². The average Bonchev–Trinajstić information content (AvgIpc) is 3.17. The second-order valence-corrected chi connectivity index (χ2v) is 7.13. The number of alkyl halides is 3. The van der Waals surface area contributed by atoms with Crippen LogP contribution in [0.3, 0.4) is 0 Å². The molecule has 0 atom stereocenters. The van der Waals surface area contributed by atoms with E-state index in [1.807, 2.05) is 0 Å². The third-order valence-corrected chi connectivity index (χ3v) is 4.91. The quantitative estimate of drug-likeness (QED) is 0.399. The lowest BCUT2D eigenvalue weighted by molar-refractivity contribution is -0.137. The van der Waals surface area contributed by atoms with Gasteiger partial charge in [0.15, 0.2) is 0 Å². The lowest BCUT2D eigenvalue weighted by Crippen LogP contribution is -2.14. The number of amides is 1. The summed E-state index contributed by atoms with van der Waals surface area (Å²) in [4.78, 5) is 20.3. The van der Waals surface area contributed by atoms with Crippen LogP contribution < -0.4 is 11.1 Å². The molecule has 7 nitrogen and oxygen atoms in total. The lowest BCUT2D eigenvalue weighted by atomic mass is 10.1. The number of nitrogens with one attached hydrogen (secondary N) is 2. The molecule has 0 bridgehead atoms. The summed E-state index contributed by atoms with van der Waals surface area (Å²) in [6.45, 7) is 0. The van der Waals surface area contributed by atoms with Crippen molar-refractivity contribution in [2.75, 3.05) is 11.1 Å². The molecule has 1 amide bonds. The molecule has 0 fully saturated rings. The van der Waals surface area contributed by atoms with Crippen LogP contribution in [-0.4, -0.2) is 26.1 Å². The van der Waals surface area contributed by atoms with Crippen LogP contribution in [0.15, 0.2) is 53.3 Å². The van der Waals surface area contributed by atoms with E-state index in [-0.39, 0.29) is 11.4 Å². The first-order valence-corrected chi connectivity index (χ1v) is 9.26. The van der Waals surface area contributed by atoms with E-state index in [4.69, 9.17) is 5.73 Å². The van der Waals surface area contributed by atoms with Gasteiger partial charge in [0.1, 0.15) is 17.2 Å². The summed E-state index contributed by atoms with van der Waals surface area (Å²) in [6, 6.07) is 8.01. The minimum atomic E-state index is -4.53.